The van der Waals surface area contributed by atoms with Gasteiger partial charge in [-0.05, 0) is 74.3 Å². The van der Waals surface area contributed by atoms with Gasteiger partial charge in [0.05, 0.1) is 22.8 Å². The molecule has 154 valence electrons. The van der Waals surface area contributed by atoms with Gasteiger partial charge in [0, 0.05) is 18.2 Å². The zero-order chi connectivity index (χ0) is 20.0. The fourth-order valence-corrected chi connectivity index (χ4v) is 3.69. The average Bonchev–Trinajstić information content (AvgIpc) is 2.72. The molecule has 0 aromatic heterocycles. The molecule has 0 bridgehead atoms. The number of halogens is 1. The molecule has 1 aliphatic rings. The normalized spacial score (nSPS) is 16.1. The third-order valence-electron chi connectivity index (χ3n) is 5.48. The molecule has 1 fully saturated rings. The summed E-state index contributed by atoms with van der Waals surface area (Å²) in [5, 5.41) is 35.9. The van der Waals surface area contributed by atoms with Gasteiger partial charge >= 0.3 is 5.97 Å². The highest BCUT2D eigenvalue weighted by Gasteiger charge is 2.37. The minimum absolute atomic E-state index is 0. The zero-order valence-corrected chi connectivity index (χ0v) is 16.9. The second-order valence-electron chi connectivity index (χ2n) is 7.33. The van der Waals surface area contributed by atoms with Crippen molar-refractivity contribution in [3.63, 3.8) is 0 Å². The molecule has 1 unspecified atom stereocenters. The first-order valence-corrected chi connectivity index (χ1v) is 9.49. The predicted octanol–water partition coefficient (Wildman–Crippen LogP) is 3.06. The number of rotatable bonds is 7. The lowest BCUT2D eigenvalue weighted by Gasteiger charge is -2.40. The Labute approximate surface area is 177 Å². The number of benzene rings is 2. The summed E-state index contributed by atoms with van der Waals surface area (Å²) in [6.45, 7) is 2.14. The van der Waals surface area contributed by atoms with Crippen LogP contribution in [0.25, 0.3) is 0 Å². The number of nitriles is 1. The Bertz CT molecular complexity index is 841. The minimum atomic E-state index is -0.950. The fourth-order valence-electron chi connectivity index (χ4n) is 3.69. The lowest BCUT2D eigenvalue weighted by Crippen LogP contribution is -2.50. The Balaban J connectivity index is 0.00000300. The molecule has 1 saturated heterocycles. The minimum Gasteiger partial charge on any atom is -0.478 e. The van der Waals surface area contributed by atoms with Crippen LogP contribution in [0, 0.1) is 17.2 Å². The number of carboxylic acids is 1. The quantitative estimate of drug-likeness (QED) is 0.554. The number of nitrogens with one attached hydrogen (secondary N) is 2. The molecule has 0 spiro atoms. The van der Waals surface area contributed by atoms with E-state index < -0.39 is 11.6 Å². The number of hydrogen-bond donors (Lipinski definition) is 4. The van der Waals surface area contributed by atoms with Crippen LogP contribution in [-0.4, -0.2) is 41.4 Å². The standard InChI is InChI=1S/C22H25N3O3.ClH/c23-14-17-3-1-16(2-4-17)13-19(22(28)9-11-24-12-10-22)15-25-20-7-5-18(6-8-20)21(26)27;/h1-8,19,24-25,28H,9-13,15H2,(H,26,27);1H. The van der Waals surface area contributed by atoms with Crippen molar-refractivity contribution in [2.75, 3.05) is 25.0 Å². The van der Waals surface area contributed by atoms with Gasteiger partial charge in [-0.3, -0.25) is 0 Å². The number of carboxylic acid groups (broad SMARTS) is 1. The third kappa shape index (κ3) is 5.94. The molecule has 6 nitrogen and oxygen atoms in total. The van der Waals surface area contributed by atoms with E-state index in [2.05, 4.69) is 16.7 Å². The van der Waals surface area contributed by atoms with Crippen molar-refractivity contribution in [2.24, 2.45) is 5.92 Å². The number of nitrogens with zero attached hydrogens (tertiary/aromatic N) is 1. The maximum Gasteiger partial charge on any atom is 0.335 e. The van der Waals surface area contributed by atoms with Gasteiger partial charge in [-0.2, -0.15) is 5.26 Å². The Morgan fingerprint density at radius 1 is 1.14 bits per heavy atom. The van der Waals surface area contributed by atoms with Crippen LogP contribution in [0.15, 0.2) is 48.5 Å². The Morgan fingerprint density at radius 2 is 1.76 bits per heavy atom. The summed E-state index contributed by atoms with van der Waals surface area (Å²) < 4.78 is 0. The van der Waals surface area contributed by atoms with E-state index in [1.807, 2.05) is 12.1 Å². The molecule has 0 saturated carbocycles. The van der Waals surface area contributed by atoms with Gasteiger partial charge in [0.1, 0.15) is 0 Å². The molecule has 3 rings (SSSR count). The molecule has 2 aromatic carbocycles. The van der Waals surface area contributed by atoms with E-state index in [0.717, 1.165) is 24.3 Å². The van der Waals surface area contributed by atoms with Crippen LogP contribution < -0.4 is 10.6 Å². The summed E-state index contributed by atoms with van der Waals surface area (Å²) in [5.41, 5.74) is 2.01. The van der Waals surface area contributed by atoms with E-state index in [4.69, 9.17) is 10.4 Å². The second-order valence-corrected chi connectivity index (χ2v) is 7.33. The first-order valence-electron chi connectivity index (χ1n) is 9.49. The van der Waals surface area contributed by atoms with Crippen molar-refractivity contribution in [1.29, 1.82) is 5.26 Å². The van der Waals surface area contributed by atoms with Crippen LogP contribution in [0.3, 0.4) is 0 Å². The first kappa shape index (κ1) is 22.7. The molecule has 1 atom stereocenters. The molecular weight excluding hydrogens is 390 g/mol. The van der Waals surface area contributed by atoms with E-state index in [-0.39, 0.29) is 23.9 Å². The van der Waals surface area contributed by atoms with Gasteiger partial charge in [0.25, 0.3) is 0 Å². The van der Waals surface area contributed by atoms with Crippen molar-refractivity contribution >= 4 is 24.1 Å². The van der Waals surface area contributed by atoms with Crippen LogP contribution in [0.4, 0.5) is 5.69 Å². The lowest BCUT2D eigenvalue weighted by atomic mass is 9.76. The van der Waals surface area contributed by atoms with Crippen molar-refractivity contribution in [3.05, 3.63) is 65.2 Å². The summed E-state index contributed by atoms with van der Waals surface area (Å²) in [4.78, 5) is 11.0. The Hall–Kier alpha value is -2.59. The maximum absolute atomic E-state index is 11.3. The summed E-state index contributed by atoms with van der Waals surface area (Å²) in [6, 6.07) is 16.2. The topological polar surface area (TPSA) is 105 Å². The molecule has 2 aromatic rings. The summed E-state index contributed by atoms with van der Waals surface area (Å²) in [6.07, 6.45) is 2.07. The second kappa shape index (κ2) is 10.3. The predicted molar refractivity (Wildman–Crippen MR) is 115 cm³/mol. The zero-order valence-electron chi connectivity index (χ0n) is 16.1. The molecule has 7 heteroatoms. The van der Waals surface area contributed by atoms with Crippen molar-refractivity contribution in [2.45, 2.75) is 24.9 Å². The molecule has 0 aliphatic carbocycles. The van der Waals surface area contributed by atoms with E-state index >= 15 is 0 Å². The highest BCUT2D eigenvalue weighted by Crippen LogP contribution is 2.31. The number of piperidine rings is 1. The number of anilines is 1. The van der Waals surface area contributed by atoms with Crippen molar-refractivity contribution < 1.29 is 15.0 Å². The number of hydrogen-bond acceptors (Lipinski definition) is 5. The molecule has 1 aliphatic heterocycles. The Kier molecular flexibility index (Phi) is 8.03. The van der Waals surface area contributed by atoms with E-state index in [9.17, 15) is 9.90 Å². The van der Waals surface area contributed by atoms with Crippen LogP contribution in [0.2, 0.25) is 0 Å². The van der Waals surface area contributed by atoms with Gasteiger partial charge in [-0.25, -0.2) is 4.79 Å². The van der Waals surface area contributed by atoms with E-state index in [1.165, 1.54) is 0 Å². The number of aliphatic hydroxyl groups is 1. The highest BCUT2D eigenvalue weighted by molar-refractivity contribution is 5.88. The van der Waals surface area contributed by atoms with Gasteiger partial charge in [-0.1, -0.05) is 12.1 Å². The van der Waals surface area contributed by atoms with Gasteiger partial charge < -0.3 is 20.8 Å². The lowest BCUT2D eigenvalue weighted by molar-refractivity contribution is -0.0391. The van der Waals surface area contributed by atoms with E-state index in [1.54, 1.807) is 36.4 Å². The monoisotopic (exact) mass is 415 g/mol. The van der Waals surface area contributed by atoms with Crippen molar-refractivity contribution in [1.82, 2.24) is 5.32 Å². The summed E-state index contributed by atoms with van der Waals surface area (Å²) >= 11 is 0. The van der Waals surface area contributed by atoms with E-state index in [0.29, 0.717) is 31.4 Å². The van der Waals surface area contributed by atoms with Crippen LogP contribution in [0.5, 0.6) is 0 Å². The van der Waals surface area contributed by atoms with Gasteiger partial charge in [-0.15, -0.1) is 12.4 Å². The number of aromatic carboxylic acids is 1. The summed E-state index contributed by atoms with van der Waals surface area (Å²) in [7, 11) is 0. The molecule has 29 heavy (non-hydrogen) atoms. The maximum atomic E-state index is 11.3. The smallest absolute Gasteiger partial charge is 0.335 e. The van der Waals surface area contributed by atoms with Crippen LogP contribution in [-0.2, 0) is 6.42 Å². The largest absolute Gasteiger partial charge is 0.478 e. The van der Waals surface area contributed by atoms with Gasteiger partial charge in [0.15, 0.2) is 0 Å². The highest BCUT2D eigenvalue weighted by atomic mass is 35.5. The molecular formula is C22H26ClN3O3. The van der Waals surface area contributed by atoms with Crippen molar-refractivity contribution in [3.8, 4) is 6.07 Å². The molecule has 0 amide bonds. The van der Waals surface area contributed by atoms with Gasteiger partial charge in [0.2, 0.25) is 0 Å². The molecule has 0 radical (unpaired) electrons. The van der Waals surface area contributed by atoms with Crippen LogP contribution in [0.1, 0.15) is 34.3 Å². The first-order chi connectivity index (χ1) is 13.5. The molecule has 1 heterocycles. The van der Waals surface area contributed by atoms with Crippen LogP contribution >= 0.6 is 12.4 Å². The third-order valence-corrected chi connectivity index (χ3v) is 5.48. The summed E-state index contributed by atoms with van der Waals surface area (Å²) in [5.74, 6) is -0.962. The molecule has 4 N–H and O–H groups in total. The number of carbonyl (C=O) groups is 1. The Morgan fingerprint density at radius 3 is 2.31 bits per heavy atom. The average molecular weight is 416 g/mol. The SMILES string of the molecule is Cl.N#Cc1ccc(CC(CNc2ccc(C(=O)O)cc2)C2(O)CCNCC2)cc1. The fraction of sp³-hybridized carbons (Fsp3) is 0.364.